The molecule has 1 fully saturated rings. The van der Waals surface area contributed by atoms with E-state index in [-0.39, 0.29) is 17.6 Å². The number of aromatic nitrogens is 3. The van der Waals surface area contributed by atoms with Gasteiger partial charge < -0.3 is 10.2 Å². The molecule has 0 spiro atoms. The molecule has 1 N–H and O–H groups in total. The van der Waals surface area contributed by atoms with Crippen LogP contribution in [0.15, 0.2) is 59.1 Å². The molecule has 2 aromatic rings. The molecule has 1 atom stereocenters. The van der Waals surface area contributed by atoms with Crippen LogP contribution in [0.25, 0.3) is 0 Å². The maximum atomic E-state index is 13.3. The fourth-order valence-electron chi connectivity index (χ4n) is 3.81. The zero-order valence-corrected chi connectivity index (χ0v) is 16.8. The Bertz CT molecular complexity index is 985. The fourth-order valence-corrected chi connectivity index (χ4v) is 3.94. The van der Waals surface area contributed by atoms with E-state index < -0.39 is 0 Å². The van der Waals surface area contributed by atoms with Crippen molar-refractivity contribution in [2.45, 2.75) is 38.3 Å². The molecule has 0 radical (unpaired) electrons. The van der Waals surface area contributed by atoms with Gasteiger partial charge in [0.05, 0.1) is 6.54 Å². The second-order valence-corrected chi connectivity index (χ2v) is 7.80. The summed E-state index contributed by atoms with van der Waals surface area (Å²) < 4.78 is 14.7. The zero-order chi connectivity index (χ0) is 20.2. The van der Waals surface area contributed by atoms with Gasteiger partial charge in [0.25, 0.3) is 0 Å². The topological polar surface area (TPSA) is 63.1 Å². The number of nitrogens with zero attached hydrogens (tertiary/aromatic N) is 4. The quantitative estimate of drug-likeness (QED) is 0.778. The molecule has 152 valence electrons. The van der Waals surface area contributed by atoms with Crippen LogP contribution in [0.2, 0.25) is 5.02 Å². The number of hydrogen-bond acceptors (Lipinski definition) is 5. The molecule has 1 saturated heterocycles. The summed E-state index contributed by atoms with van der Waals surface area (Å²) in [6, 6.07) is 7.61. The number of likely N-dealkylation sites (tertiary alicyclic amines) is 1. The summed E-state index contributed by atoms with van der Waals surface area (Å²) in [6.45, 7) is 2.01. The van der Waals surface area contributed by atoms with Crippen LogP contribution in [-0.2, 0) is 6.54 Å². The van der Waals surface area contributed by atoms with E-state index in [1.165, 1.54) is 16.6 Å². The third-order valence-electron chi connectivity index (χ3n) is 5.35. The van der Waals surface area contributed by atoms with Crippen molar-refractivity contribution in [2.24, 2.45) is 0 Å². The van der Waals surface area contributed by atoms with Crippen molar-refractivity contribution in [3.8, 4) is 0 Å². The van der Waals surface area contributed by atoms with Crippen LogP contribution in [0, 0.1) is 0 Å². The highest BCUT2D eigenvalue weighted by atomic mass is 35.5. The summed E-state index contributed by atoms with van der Waals surface area (Å²) >= 11 is 5.89. The predicted octanol–water partition coefficient (Wildman–Crippen LogP) is 3.75. The summed E-state index contributed by atoms with van der Waals surface area (Å²) in [5, 5.41) is 3.85. The second kappa shape index (κ2) is 8.78. The summed E-state index contributed by atoms with van der Waals surface area (Å²) in [5.74, 6) is 0.271. The molecule has 2 aliphatic rings. The van der Waals surface area contributed by atoms with Gasteiger partial charge in [-0.1, -0.05) is 23.7 Å². The number of rotatable bonds is 6. The van der Waals surface area contributed by atoms with Crippen LogP contribution in [0.4, 0.5) is 10.3 Å². The summed E-state index contributed by atoms with van der Waals surface area (Å²) in [5.41, 5.74) is 1.78. The molecule has 0 bridgehead atoms. The number of benzene rings is 1. The van der Waals surface area contributed by atoms with Gasteiger partial charge in [-0.2, -0.15) is 4.98 Å². The van der Waals surface area contributed by atoms with Crippen LogP contribution in [-0.4, -0.2) is 38.6 Å². The first kappa shape index (κ1) is 19.6. The van der Waals surface area contributed by atoms with Gasteiger partial charge in [0.15, 0.2) is 0 Å². The minimum absolute atomic E-state index is 0.0600. The highest BCUT2D eigenvalue weighted by Gasteiger charge is 2.27. The van der Waals surface area contributed by atoms with Gasteiger partial charge >= 0.3 is 5.69 Å². The lowest BCUT2D eigenvalue weighted by atomic mass is 10.1. The van der Waals surface area contributed by atoms with Crippen LogP contribution in [0.5, 0.6) is 0 Å². The first-order valence-corrected chi connectivity index (χ1v) is 10.2. The average molecular weight is 416 g/mol. The monoisotopic (exact) mass is 415 g/mol. The molecule has 1 aliphatic carbocycles. The van der Waals surface area contributed by atoms with E-state index in [1.807, 2.05) is 18.2 Å². The number of halogens is 2. The van der Waals surface area contributed by atoms with E-state index in [0.29, 0.717) is 30.5 Å². The van der Waals surface area contributed by atoms with Gasteiger partial charge in [0.1, 0.15) is 12.2 Å². The van der Waals surface area contributed by atoms with E-state index in [2.05, 4.69) is 20.2 Å². The smallest absolute Gasteiger partial charge is 0.352 e. The molecule has 0 unspecified atom stereocenters. The maximum Gasteiger partial charge on any atom is 0.352 e. The SMILES string of the molecule is O=c1nc(NC[C@@H]2CCCN2C2=CC=C(F)CC2)ncn1Cc1ccc(Cl)cc1. The van der Waals surface area contributed by atoms with Gasteiger partial charge in [-0.25, -0.2) is 14.2 Å². The number of hydrogen-bond donors (Lipinski definition) is 1. The molecular formula is C21H23ClFN5O. The molecule has 1 aliphatic heterocycles. The van der Waals surface area contributed by atoms with E-state index in [9.17, 15) is 9.18 Å². The number of nitrogens with one attached hydrogen (secondary N) is 1. The van der Waals surface area contributed by atoms with Gasteiger partial charge in [-0.3, -0.25) is 4.57 Å². The third-order valence-corrected chi connectivity index (χ3v) is 5.60. The normalized spacial score (nSPS) is 19.1. The standard InChI is InChI=1S/C21H23ClFN5O/c22-16-5-3-15(4-6-16)13-27-14-25-20(26-21(27)29)24-12-19-2-1-11-28(19)18-9-7-17(23)8-10-18/h3-7,9,14,19H,1-2,8,10-13H2,(H,24,26,29)/t19-/m0/s1. The Morgan fingerprint density at radius 2 is 2.03 bits per heavy atom. The summed E-state index contributed by atoms with van der Waals surface area (Å²) in [4.78, 5) is 23.0. The van der Waals surface area contributed by atoms with Crippen molar-refractivity contribution >= 4 is 17.5 Å². The van der Waals surface area contributed by atoms with E-state index >= 15 is 0 Å². The Morgan fingerprint density at radius 1 is 1.21 bits per heavy atom. The Kier molecular flexibility index (Phi) is 5.94. The third kappa shape index (κ3) is 4.85. The lowest BCUT2D eigenvalue weighted by Gasteiger charge is -2.30. The van der Waals surface area contributed by atoms with E-state index in [0.717, 1.165) is 31.4 Å². The maximum absolute atomic E-state index is 13.3. The lowest BCUT2D eigenvalue weighted by molar-refractivity contribution is 0.315. The van der Waals surface area contributed by atoms with E-state index in [1.54, 1.807) is 18.2 Å². The lowest BCUT2D eigenvalue weighted by Crippen LogP contribution is -2.35. The highest BCUT2D eigenvalue weighted by Crippen LogP contribution is 2.29. The van der Waals surface area contributed by atoms with Gasteiger partial charge in [0.2, 0.25) is 5.95 Å². The first-order chi connectivity index (χ1) is 14.1. The van der Waals surface area contributed by atoms with Crippen LogP contribution >= 0.6 is 11.6 Å². The molecule has 0 saturated carbocycles. The van der Waals surface area contributed by atoms with Crippen molar-refractivity contribution in [3.63, 3.8) is 0 Å². The molecule has 1 aromatic carbocycles. The zero-order valence-electron chi connectivity index (χ0n) is 16.0. The molecule has 29 heavy (non-hydrogen) atoms. The fraction of sp³-hybridized carbons (Fsp3) is 0.381. The Labute approximate surface area is 173 Å². The van der Waals surface area contributed by atoms with Crippen molar-refractivity contribution in [3.05, 3.63) is 75.3 Å². The molecule has 4 rings (SSSR count). The van der Waals surface area contributed by atoms with Crippen LogP contribution in [0.3, 0.4) is 0 Å². The molecule has 8 heteroatoms. The Morgan fingerprint density at radius 3 is 2.76 bits per heavy atom. The minimum atomic E-state index is -0.351. The van der Waals surface area contributed by atoms with Crippen molar-refractivity contribution in [1.82, 2.24) is 19.4 Å². The van der Waals surface area contributed by atoms with E-state index in [4.69, 9.17) is 11.6 Å². The highest BCUT2D eigenvalue weighted by molar-refractivity contribution is 6.30. The van der Waals surface area contributed by atoms with Crippen molar-refractivity contribution in [1.29, 1.82) is 0 Å². The van der Waals surface area contributed by atoms with Crippen molar-refractivity contribution in [2.75, 3.05) is 18.4 Å². The van der Waals surface area contributed by atoms with Crippen molar-refractivity contribution < 1.29 is 4.39 Å². The molecule has 1 aromatic heterocycles. The predicted molar refractivity (Wildman–Crippen MR) is 112 cm³/mol. The summed E-state index contributed by atoms with van der Waals surface area (Å²) in [7, 11) is 0. The number of anilines is 1. The second-order valence-electron chi connectivity index (χ2n) is 7.36. The first-order valence-electron chi connectivity index (χ1n) is 9.82. The largest absolute Gasteiger partial charge is 0.370 e. The molecular weight excluding hydrogens is 393 g/mol. The molecule has 2 heterocycles. The molecule has 6 nitrogen and oxygen atoms in total. The Hall–Kier alpha value is -2.67. The number of allylic oxidation sites excluding steroid dienone is 4. The van der Waals surface area contributed by atoms with Gasteiger partial charge in [0, 0.05) is 36.3 Å². The average Bonchev–Trinajstić information content (AvgIpc) is 3.19. The summed E-state index contributed by atoms with van der Waals surface area (Å²) in [6.07, 6.45) is 8.30. The molecule has 0 amide bonds. The van der Waals surface area contributed by atoms with Gasteiger partial charge in [-0.15, -0.1) is 0 Å². The van der Waals surface area contributed by atoms with Crippen LogP contribution in [0.1, 0.15) is 31.2 Å². The Balaban J connectivity index is 1.38. The minimum Gasteiger partial charge on any atom is -0.370 e. The van der Waals surface area contributed by atoms with Gasteiger partial charge in [-0.05, 0) is 49.1 Å². The van der Waals surface area contributed by atoms with Crippen LogP contribution < -0.4 is 11.0 Å².